The summed E-state index contributed by atoms with van der Waals surface area (Å²) in [7, 11) is 0. The van der Waals surface area contributed by atoms with Gasteiger partial charge in [-0.25, -0.2) is 4.39 Å². The van der Waals surface area contributed by atoms with E-state index in [0.717, 1.165) is 4.90 Å². The van der Waals surface area contributed by atoms with Crippen LogP contribution in [0.4, 0.5) is 17.6 Å². The first kappa shape index (κ1) is 13.1. The number of alkyl halides is 3. The number of amides is 1. The minimum absolute atomic E-state index is 0.0627. The molecule has 2 rings (SSSR count). The maximum Gasteiger partial charge on any atom is 0.418 e. The number of hydrogen-bond donors (Lipinski definition) is 0. The van der Waals surface area contributed by atoms with Crippen molar-refractivity contribution in [1.82, 2.24) is 4.90 Å². The third-order valence-electron chi connectivity index (χ3n) is 2.92. The minimum atomic E-state index is -4.75. The van der Waals surface area contributed by atoms with Gasteiger partial charge in [-0.2, -0.15) is 13.2 Å². The van der Waals surface area contributed by atoms with Gasteiger partial charge < -0.3 is 4.74 Å². The van der Waals surface area contributed by atoms with Crippen LogP contribution in [0.1, 0.15) is 19.8 Å². The largest absolute Gasteiger partial charge is 0.418 e. The number of allylic oxidation sites excluding steroid dienone is 4. The van der Waals surface area contributed by atoms with Crippen LogP contribution in [0.5, 0.6) is 0 Å². The summed E-state index contributed by atoms with van der Waals surface area (Å²) in [5.41, 5.74) is -1.16. The van der Waals surface area contributed by atoms with E-state index in [0.29, 0.717) is 6.08 Å². The van der Waals surface area contributed by atoms with Gasteiger partial charge in [0.1, 0.15) is 18.7 Å². The van der Waals surface area contributed by atoms with Gasteiger partial charge in [0.15, 0.2) is 0 Å². The lowest BCUT2D eigenvalue weighted by Gasteiger charge is -2.23. The molecule has 0 saturated carbocycles. The summed E-state index contributed by atoms with van der Waals surface area (Å²) < 4.78 is 55.8. The maximum atomic E-state index is 13.2. The van der Waals surface area contributed by atoms with Crippen molar-refractivity contribution < 1.29 is 27.1 Å². The second-order valence-corrected chi connectivity index (χ2v) is 4.16. The van der Waals surface area contributed by atoms with Gasteiger partial charge in [-0.05, 0) is 19.4 Å². The summed E-state index contributed by atoms with van der Waals surface area (Å²) in [5, 5.41) is 0. The van der Waals surface area contributed by atoms with Gasteiger partial charge in [0.25, 0.3) is 5.91 Å². The third-order valence-corrected chi connectivity index (χ3v) is 2.92. The Morgan fingerprint density at radius 3 is 2.56 bits per heavy atom. The van der Waals surface area contributed by atoms with Crippen LogP contribution in [0.3, 0.4) is 0 Å². The Bertz CT molecular complexity index is 439. The van der Waals surface area contributed by atoms with Crippen molar-refractivity contribution in [2.24, 2.45) is 0 Å². The molecule has 1 aliphatic carbocycles. The lowest BCUT2D eigenvalue weighted by Crippen LogP contribution is -2.29. The Kier molecular flexibility index (Phi) is 3.18. The highest BCUT2D eigenvalue weighted by atomic mass is 19.4. The second kappa shape index (κ2) is 4.38. The molecule has 100 valence electrons. The molecule has 0 aromatic heterocycles. The highest BCUT2D eigenvalue weighted by Gasteiger charge is 2.39. The predicted molar refractivity (Wildman–Crippen MR) is 53.8 cm³/mol. The molecule has 18 heavy (non-hydrogen) atoms. The van der Waals surface area contributed by atoms with Crippen molar-refractivity contribution in [1.29, 1.82) is 0 Å². The molecule has 0 radical (unpaired) electrons. The van der Waals surface area contributed by atoms with Gasteiger partial charge in [-0.15, -0.1) is 0 Å². The molecule has 0 aromatic carbocycles. The first-order valence-electron chi connectivity index (χ1n) is 5.40. The van der Waals surface area contributed by atoms with E-state index in [1.165, 1.54) is 6.92 Å². The zero-order valence-corrected chi connectivity index (χ0v) is 9.55. The van der Waals surface area contributed by atoms with Gasteiger partial charge >= 0.3 is 6.18 Å². The summed E-state index contributed by atoms with van der Waals surface area (Å²) in [6.07, 6.45) is -5.01. The number of nitrogens with zero attached hydrogens (tertiary/aromatic N) is 1. The molecular weight excluding hydrogens is 254 g/mol. The van der Waals surface area contributed by atoms with E-state index in [-0.39, 0.29) is 25.3 Å². The number of hydrogen-bond acceptors (Lipinski definition) is 2. The average molecular weight is 265 g/mol. The highest BCUT2D eigenvalue weighted by molar-refractivity contribution is 5.83. The summed E-state index contributed by atoms with van der Waals surface area (Å²) >= 11 is 0. The quantitative estimate of drug-likeness (QED) is 0.682. The Labute approximate surface area is 101 Å². The van der Waals surface area contributed by atoms with E-state index in [1.54, 1.807) is 0 Å². The normalized spacial score (nSPS) is 25.8. The smallest absolute Gasteiger partial charge is 0.348 e. The summed E-state index contributed by atoms with van der Waals surface area (Å²) in [6.45, 7) is 1.44. The minimum Gasteiger partial charge on any atom is -0.348 e. The standard InChI is InChI=1S/C11H11F4NO2/c1-6-10(17)16(5-18-6)7-2-3-9(12)8(4-7)11(13,14)15/h4,6H,2-3,5H2,1H3. The van der Waals surface area contributed by atoms with Crippen molar-refractivity contribution in [2.75, 3.05) is 6.73 Å². The van der Waals surface area contributed by atoms with Crippen LogP contribution >= 0.6 is 0 Å². The van der Waals surface area contributed by atoms with Gasteiger partial charge in [0, 0.05) is 12.1 Å². The molecule has 1 amide bonds. The van der Waals surface area contributed by atoms with Crippen molar-refractivity contribution in [3.05, 3.63) is 23.2 Å². The number of carbonyl (C=O) groups is 1. The van der Waals surface area contributed by atoms with Crippen LogP contribution in [0, 0.1) is 0 Å². The van der Waals surface area contributed by atoms with Crippen LogP contribution in [0.2, 0.25) is 0 Å². The molecule has 3 nitrogen and oxygen atoms in total. The number of carbonyl (C=O) groups excluding carboxylic acids is 1. The Morgan fingerprint density at radius 1 is 1.39 bits per heavy atom. The summed E-state index contributed by atoms with van der Waals surface area (Å²) in [5.74, 6) is -1.59. The highest BCUT2D eigenvalue weighted by Crippen LogP contribution is 2.37. The number of halogens is 4. The molecule has 0 N–H and O–H groups in total. The van der Waals surface area contributed by atoms with Gasteiger partial charge in [-0.3, -0.25) is 9.69 Å². The zero-order chi connectivity index (χ0) is 13.5. The monoisotopic (exact) mass is 265 g/mol. The van der Waals surface area contributed by atoms with Gasteiger partial charge in [0.05, 0.1) is 5.57 Å². The molecule has 1 heterocycles. The molecule has 1 unspecified atom stereocenters. The van der Waals surface area contributed by atoms with Gasteiger partial charge in [0.2, 0.25) is 0 Å². The molecule has 0 aromatic rings. The predicted octanol–water partition coefficient (Wildman–Crippen LogP) is 2.65. The Morgan fingerprint density at radius 2 is 2.06 bits per heavy atom. The SMILES string of the molecule is CC1OCN(C2=CC(C(F)(F)F)=C(F)CC2)C1=O. The average Bonchev–Trinajstić information content (AvgIpc) is 2.59. The van der Waals surface area contributed by atoms with Crippen LogP contribution in [0.25, 0.3) is 0 Å². The molecule has 0 spiro atoms. The fraction of sp³-hybridized carbons (Fsp3) is 0.545. The fourth-order valence-corrected chi connectivity index (χ4v) is 1.90. The van der Waals surface area contributed by atoms with Crippen molar-refractivity contribution in [3.8, 4) is 0 Å². The second-order valence-electron chi connectivity index (χ2n) is 4.16. The van der Waals surface area contributed by atoms with E-state index in [4.69, 9.17) is 4.74 Å². The van der Waals surface area contributed by atoms with Crippen LogP contribution in [-0.4, -0.2) is 29.8 Å². The zero-order valence-electron chi connectivity index (χ0n) is 9.55. The van der Waals surface area contributed by atoms with Crippen LogP contribution in [0.15, 0.2) is 23.2 Å². The first-order chi connectivity index (χ1) is 8.30. The van der Waals surface area contributed by atoms with E-state index < -0.39 is 29.6 Å². The molecule has 1 aliphatic heterocycles. The lowest BCUT2D eigenvalue weighted by molar-refractivity contribution is -0.128. The molecule has 7 heteroatoms. The van der Waals surface area contributed by atoms with Crippen molar-refractivity contribution >= 4 is 5.91 Å². The molecule has 0 bridgehead atoms. The fourth-order valence-electron chi connectivity index (χ4n) is 1.90. The van der Waals surface area contributed by atoms with E-state index >= 15 is 0 Å². The maximum absolute atomic E-state index is 13.2. The van der Waals surface area contributed by atoms with Crippen molar-refractivity contribution in [2.45, 2.75) is 32.0 Å². The Balaban J connectivity index is 2.29. The molecule has 1 saturated heterocycles. The van der Waals surface area contributed by atoms with Gasteiger partial charge in [-0.1, -0.05) is 0 Å². The summed E-state index contributed by atoms with van der Waals surface area (Å²) in [6, 6.07) is 0. The van der Waals surface area contributed by atoms with Crippen LogP contribution < -0.4 is 0 Å². The Hall–Kier alpha value is -1.37. The summed E-state index contributed by atoms with van der Waals surface area (Å²) in [4.78, 5) is 12.7. The molecule has 1 atom stereocenters. The third kappa shape index (κ3) is 2.27. The molecular formula is C11H11F4NO2. The first-order valence-corrected chi connectivity index (χ1v) is 5.40. The van der Waals surface area contributed by atoms with E-state index in [9.17, 15) is 22.4 Å². The van der Waals surface area contributed by atoms with Crippen LogP contribution in [-0.2, 0) is 9.53 Å². The van der Waals surface area contributed by atoms with E-state index in [1.807, 2.05) is 0 Å². The topological polar surface area (TPSA) is 29.5 Å². The molecule has 2 aliphatic rings. The lowest BCUT2D eigenvalue weighted by atomic mass is 10.0. The van der Waals surface area contributed by atoms with Crippen molar-refractivity contribution in [3.63, 3.8) is 0 Å². The number of ether oxygens (including phenoxy) is 1. The van der Waals surface area contributed by atoms with E-state index in [2.05, 4.69) is 0 Å². The molecule has 1 fully saturated rings. The number of rotatable bonds is 1.